The summed E-state index contributed by atoms with van der Waals surface area (Å²) in [5.41, 5.74) is 0. The zero-order valence-corrected chi connectivity index (χ0v) is 11.4. The number of nitrogens with one attached hydrogen (secondary N) is 2. The van der Waals surface area contributed by atoms with Crippen LogP contribution in [0.2, 0.25) is 0 Å². The zero-order chi connectivity index (χ0) is 14.3. The largest absolute Gasteiger partial charge is 0.480 e. The molecule has 110 valence electrons. The van der Waals surface area contributed by atoms with Gasteiger partial charge in [-0.3, -0.25) is 0 Å². The molecule has 1 fully saturated rings. The fraction of sp³-hybridized carbons (Fsp3) is 0.846. The van der Waals surface area contributed by atoms with E-state index >= 15 is 0 Å². The summed E-state index contributed by atoms with van der Waals surface area (Å²) in [4.78, 5) is 22.7. The van der Waals surface area contributed by atoms with Crippen LogP contribution in [0, 0.1) is 5.92 Å². The molecule has 2 amide bonds. The highest BCUT2D eigenvalue weighted by Crippen LogP contribution is 2.22. The maximum Gasteiger partial charge on any atom is 0.326 e. The Balaban J connectivity index is 2.46. The average molecular weight is 272 g/mol. The van der Waals surface area contributed by atoms with Crippen LogP contribution in [0.1, 0.15) is 45.4 Å². The van der Waals surface area contributed by atoms with Gasteiger partial charge < -0.3 is 20.8 Å². The Morgan fingerprint density at radius 2 is 1.95 bits per heavy atom. The van der Waals surface area contributed by atoms with Crippen molar-refractivity contribution in [3.05, 3.63) is 0 Å². The molecule has 6 heteroatoms. The molecule has 6 nitrogen and oxygen atoms in total. The standard InChI is InChI=1S/C13H24N2O4/c1-9-5-3-2-4-6-10(9)14-13(19)15-11(7-8-16)12(17)18/h9-11,16H,2-8H2,1H3,(H,17,18)(H2,14,15,19). The van der Waals surface area contributed by atoms with E-state index < -0.39 is 18.0 Å². The summed E-state index contributed by atoms with van der Waals surface area (Å²) >= 11 is 0. The number of aliphatic hydroxyl groups excluding tert-OH is 1. The average Bonchev–Trinajstić information content (AvgIpc) is 2.54. The molecule has 0 aromatic heterocycles. The van der Waals surface area contributed by atoms with Gasteiger partial charge in [0.25, 0.3) is 0 Å². The van der Waals surface area contributed by atoms with Crippen LogP contribution in [0.4, 0.5) is 4.79 Å². The van der Waals surface area contributed by atoms with Crippen LogP contribution in [0.3, 0.4) is 0 Å². The highest BCUT2D eigenvalue weighted by molar-refractivity contribution is 5.82. The molecule has 1 saturated carbocycles. The summed E-state index contributed by atoms with van der Waals surface area (Å²) in [7, 11) is 0. The molecule has 3 unspecified atom stereocenters. The summed E-state index contributed by atoms with van der Waals surface area (Å²) in [6.45, 7) is 1.84. The Labute approximate surface area is 113 Å². The summed E-state index contributed by atoms with van der Waals surface area (Å²) in [6, 6.07) is -1.39. The second-order valence-electron chi connectivity index (χ2n) is 5.24. The highest BCUT2D eigenvalue weighted by Gasteiger charge is 2.24. The lowest BCUT2D eigenvalue weighted by Crippen LogP contribution is -2.50. The van der Waals surface area contributed by atoms with E-state index in [0.29, 0.717) is 5.92 Å². The van der Waals surface area contributed by atoms with Gasteiger partial charge in [-0.2, -0.15) is 0 Å². The molecule has 0 aliphatic heterocycles. The third-order valence-electron chi connectivity index (χ3n) is 3.70. The molecule has 0 spiro atoms. The molecule has 0 heterocycles. The number of amides is 2. The number of aliphatic carboxylic acids is 1. The second-order valence-corrected chi connectivity index (χ2v) is 5.24. The third-order valence-corrected chi connectivity index (χ3v) is 3.70. The van der Waals surface area contributed by atoms with E-state index in [9.17, 15) is 9.59 Å². The Morgan fingerprint density at radius 1 is 1.26 bits per heavy atom. The van der Waals surface area contributed by atoms with Crippen LogP contribution in [-0.4, -0.2) is 40.9 Å². The monoisotopic (exact) mass is 272 g/mol. The molecule has 0 saturated heterocycles. The van der Waals surface area contributed by atoms with Gasteiger partial charge >= 0.3 is 12.0 Å². The van der Waals surface area contributed by atoms with Crippen LogP contribution < -0.4 is 10.6 Å². The zero-order valence-electron chi connectivity index (χ0n) is 11.4. The van der Waals surface area contributed by atoms with Crippen molar-refractivity contribution in [2.75, 3.05) is 6.61 Å². The number of carbonyl (C=O) groups excluding carboxylic acids is 1. The first-order chi connectivity index (χ1) is 9.04. The number of carboxylic acids is 1. The molecular formula is C13H24N2O4. The molecule has 1 aliphatic rings. The second kappa shape index (κ2) is 7.99. The molecule has 19 heavy (non-hydrogen) atoms. The summed E-state index contributed by atoms with van der Waals surface area (Å²) in [5.74, 6) is -0.715. The maximum atomic E-state index is 11.8. The molecule has 0 bridgehead atoms. The van der Waals surface area contributed by atoms with Crippen LogP contribution >= 0.6 is 0 Å². The number of hydrogen-bond acceptors (Lipinski definition) is 3. The smallest absolute Gasteiger partial charge is 0.326 e. The summed E-state index contributed by atoms with van der Waals surface area (Å²) in [6.07, 6.45) is 5.50. The Bertz CT molecular complexity index is 309. The number of carbonyl (C=O) groups is 2. The minimum absolute atomic E-state index is 0.0168. The van der Waals surface area contributed by atoms with Gasteiger partial charge in [0.05, 0.1) is 0 Å². The first-order valence-electron chi connectivity index (χ1n) is 6.95. The van der Waals surface area contributed by atoms with Crippen molar-refractivity contribution in [3.63, 3.8) is 0 Å². The highest BCUT2D eigenvalue weighted by atomic mass is 16.4. The van der Waals surface area contributed by atoms with E-state index in [4.69, 9.17) is 10.2 Å². The quantitative estimate of drug-likeness (QED) is 0.563. The lowest BCUT2D eigenvalue weighted by Gasteiger charge is -2.24. The van der Waals surface area contributed by atoms with Gasteiger partial charge in [-0.1, -0.05) is 26.2 Å². The summed E-state index contributed by atoms with van der Waals surface area (Å²) in [5, 5.41) is 22.9. The van der Waals surface area contributed by atoms with Gasteiger partial charge in [-0.05, 0) is 18.8 Å². The molecule has 0 radical (unpaired) electrons. The lowest BCUT2D eigenvalue weighted by atomic mass is 9.97. The van der Waals surface area contributed by atoms with Crippen molar-refractivity contribution in [2.45, 2.75) is 57.5 Å². The number of hydrogen-bond donors (Lipinski definition) is 4. The van der Waals surface area contributed by atoms with Crippen LogP contribution in [0.25, 0.3) is 0 Å². The van der Waals surface area contributed by atoms with E-state index in [1.807, 2.05) is 0 Å². The first-order valence-corrected chi connectivity index (χ1v) is 6.95. The van der Waals surface area contributed by atoms with Crippen molar-refractivity contribution in [3.8, 4) is 0 Å². The van der Waals surface area contributed by atoms with Gasteiger partial charge in [-0.25, -0.2) is 9.59 Å². The lowest BCUT2D eigenvalue weighted by molar-refractivity contribution is -0.139. The summed E-state index contributed by atoms with van der Waals surface area (Å²) < 4.78 is 0. The van der Waals surface area contributed by atoms with Gasteiger partial charge in [0.1, 0.15) is 6.04 Å². The Hall–Kier alpha value is -1.30. The normalized spacial score (nSPS) is 25.2. The van der Waals surface area contributed by atoms with Crippen LogP contribution in [-0.2, 0) is 4.79 Å². The van der Waals surface area contributed by atoms with Crippen molar-refractivity contribution in [1.82, 2.24) is 10.6 Å². The predicted molar refractivity (Wildman–Crippen MR) is 70.8 cm³/mol. The fourth-order valence-corrected chi connectivity index (χ4v) is 2.46. The third kappa shape index (κ3) is 5.46. The van der Waals surface area contributed by atoms with Gasteiger partial charge in [0, 0.05) is 19.1 Å². The van der Waals surface area contributed by atoms with Crippen LogP contribution in [0.5, 0.6) is 0 Å². The molecule has 4 N–H and O–H groups in total. The van der Waals surface area contributed by atoms with Gasteiger partial charge in [0.15, 0.2) is 0 Å². The van der Waals surface area contributed by atoms with E-state index in [1.165, 1.54) is 12.8 Å². The number of carboxylic acid groups (broad SMARTS) is 1. The predicted octanol–water partition coefficient (Wildman–Crippen LogP) is 1.09. The van der Waals surface area contributed by atoms with Crippen molar-refractivity contribution in [1.29, 1.82) is 0 Å². The molecule has 0 aromatic rings. The maximum absolute atomic E-state index is 11.8. The topological polar surface area (TPSA) is 98.7 Å². The minimum atomic E-state index is -1.13. The molecular weight excluding hydrogens is 248 g/mol. The van der Waals surface area contributed by atoms with E-state index in [1.54, 1.807) is 0 Å². The molecule has 0 aromatic carbocycles. The number of rotatable bonds is 5. The Morgan fingerprint density at radius 3 is 2.58 bits per heavy atom. The number of aliphatic hydroxyl groups is 1. The van der Waals surface area contributed by atoms with Crippen molar-refractivity contribution >= 4 is 12.0 Å². The van der Waals surface area contributed by atoms with Gasteiger partial charge in [0.2, 0.25) is 0 Å². The minimum Gasteiger partial charge on any atom is -0.480 e. The van der Waals surface area contributed by atoms with Gasteiger partial charge in [-0.15, -0.1) is 0 Å². The van der Waals surface area contributed by atoms with E-state index in [-0.39, 0.29) is 19.1 Å². The molecule has 3 atom stereocenters. The molecule has 1 aliphatic carbocycles. The Kier molecular flexibility index (Phi) is 6.62. The van der Waals surface area contributed by atoms with E-state index in [0.717, 1.165) is 19.3 Å². The van der Waals surface area contributed by atoms with Crippen molar-refractivity contribution in [2.24, 2.45) is 5.92 Å². The fourth-order valence-electron chi connectivity index (χ4n) is 2.46. The number of urea groups is 1. The SMILES string of the molecule is CC1CCCCCC1NC(=O)NC(CCO)C(=O)O. The van der Waals surface area contributed by atoms with E-state index in [2.05, 4.69) is 17.6 Å². The van der Waals surface area contributed by atoms with Crippen LogP contribution in [0.15, 0.2) is 0 Å². The first kappa shape index (κ1) is 15.8. The molecule has 1 rings (SSSR count). The van der Waals surface area contributed by atoms with Crippen molar-refractivity contribution < 1.29 is 19.8 Å².